The number of rotatable bonds is 5. The van der Waals surface area contributed by atoms with E-state index in [0.717, 1.165) is 17.7 Å². The standard InChI is InChI=1S/C19H19N3O2S/c20-18(24)16-13-17(23)22(12-11-14-7-3-1-4-8-14)19(25-16)21-15-9-5-2-6-10-15/h1-10,16H,11-13H2,(H2,20,24)/t16-/m0/s1. The third kappa shape index (κ3) is 4.48. The van der Waals surface area contributed by atoms with Crippen LogP contribution in [0.15, 0.2) is 65.7 Å². The number of primary amides is 1. The SMILES string of the molecule is NC(=O)[C@@H]1CC(=O)N(CCc2ccccc2)C(=Nc2ccccc2)S1. The number of thioether (sulfide) groups is 1. The molecule has 0 saturated carbocycles. The van der Waals surface area contributed by atoms with E-state index in [1.807, 2.05) is 60.7 Å². The van der Waals surface area contributed by atoms with Gasteiger partial charge in [0, 0.05) is 13.0 Å². The summed E-state index contributed by atoms with van der Waals surface area (Å²) in [4.78, 5) is 30.3. The number of amides is 2. The Balaban J connectivity index is 1.83. The molecule has 3 rings (SSSR count). The van der Waals surface area contributed by atoms with E-state index in [4.69, 9.17) is 5.73 Å². The number of nitrogens with zero attached hydrogens (tertiary/aromatic N) is 2. The van der Waals surface area contributed by atoms with Crippen LogP contribution in [0.5, 0.6) is 0 Å². The summed E-state index contributed by atoms with van der Waals surface area (Å²) < 4.78 is 0. The van der Waals surface area contributed by atoms with Gasteiger partial charge in [0.2, 0.25) is 11.8 Å². The third-order valence-corrected chi connectivity index (χ3v) is 5.11. The molecule has 6 heteroatoms. The van der Waals surface area contributed by atoms with Crippen molar-refractivity contribution in [1.82, 2.24) is 4.90 Å². The average molecular weight is 353 g/mol. The van der Waals surface area contributed by atoms with Gasteiger partial charge in [0.25, 0.3) is 0 Å². The second-order valence-electron chi connectivity index (χ2n) is 5.72. The van der Waals surface area contributed by atoms with Gasteiger partial charge in [-0.1, -0.05) is 60.3 Å². The Morgan fingerprint density at radius 3 is 2.40 bits per heavy atom. The number of carbonyl (C=O) groups excluding carboxylic acids is 2. The summed E-state index contributed by atoms with van der Waals surface area (Å²) in [6, 6.07) is 19.4. The highest BCUT2D eigenvalue weighted by molar-refractivity contribution is 8.15. The van der Waals surface area contributed by atoms with Crippen LogP contribution < -0.4 is 5.73 Å². The quantitative estimate of drug-likeness (QED) is 0.898. The van der Waals surface area contributed by atoms with Crippen molar-refractivity contribution < 1.29 is 9.59 Å². The lowest BCUT2D eigenvalue weighted by Gasteiger charge is -2.31. The summed E-state index contributed by atoms with van der Waals surface area (Å²) >= 11 is 1.26. The van der Waals surface area contributed by atoms with Gasteiger partial charge in [-0.15, -0.1) is 0 Å². The Morgan fingerprint density at radius 2 is 1.76 bits per heavy atom. The Hall–Kier alpha value is -2.60. The van der Waals surface area contributed by atoms with E-state index in [2.05, 4.69) is 4.99 Å². The van der Waals surface area contributed by atoms with Crippen LogP contribution in [0.1, 0.15) is 12.0 Å². The van der Waals surface area contributed by atoms with Crippen LogP contribution in [0.25, 0.3) is 0 Å². The minimum Gasteiger partial charge on any atom is -0.369 e. The molecule has 2 N–H and O–H groups in total. The van der Waals surface area contributed by atoms with E-state index in [1.165, 1.54) is 11.8 Å². The van der Waals surface area contributed by atoms with Crippen molar-refractivity contribution in [3.05, 3.63) is 66.2 Å². The number of carbonyl (C=O) groups is 2. The second kappa shape index (κ2) is 7.98. The molecular weight excluding hydrogens is 334 g/mol. The Kier molecular flexibility index (Phi) is 5.50. The normalized spacial score (nSPS) is 19.2. The van der Waals surface area contributed by atoms with Crippen molar-refractivity contribution in [3.8, 4) is 0 Å². The molecule has 5 nitrogen and oxygen atoms in total. The van der Waals surface area contributed by atoms with E-state index in [9.17, 15) is 9.59 Å². The number of para-hydroxylation sites is 1. The summed E-state index contributed by atoms with van der Waals surface area (Å²) in [7, 11) is 0. The first-order valence-electron chi connectivity index (χ1n) is 8.07. The van der Waals surface area contributed by atoms with E-state index in [1.54, 1.807) is 4.90 Å². The summed E-state index contributed by atoms with van der Waals surface area (Å²) in [6.07, 6.45) is 0.838. The number of nitrogens with two attached hydrogens (primary N) is 1. The van der Waals surface area contributed by atoms with Crippen LogP contribution >= 0.6 is 11.8 Å². The van der Waals surface area contributed by atoms with Gasteiger partial charge in [0.15, 0.2) is 5.17 Å². The fraction of sp³-hybridized carbons (Fsp3) is 0.211. The molecule has 1 aliphatic heterocycles. The summed E-state index contributed by atoms with van der Waals surface area (Å²) in [6.45, 7) is 0.521. The zero-order chi connectivity index (χ0) is 17.6. The molecule has 2 aromatic rings. The molecule has 0 aliphatic carbocycles. The zero-order valence-corrected chi connectivity index (χ0v) is 14.5. The van der Waals surface area contributed by atoms with E-state index in [-0.39, 0.29) is 12.3 Å². The minimum absolute atomic E-state index is 0.114. The van der Waals surface area contributed by atoms with E-state index in [0.29, 0.717) is 11.7 Å². The lowest BCUT2D eigenvalue weighted by Crippen LogP contribution is -2.46. The summed E-state index contributed by atoms with van der Waals surface area (Å²) in [5.41, 5.74) is 7.30. The largest absolute Gasteiger partial charge is 0.369 e. The topological polar surface area (TPSA) is 75.8 Å². The van der Waals surface area contributed by atoms with Gasteiger partial charge in [0.1, 0.15) is 0 Å². The molecule has 0 radical (unpaired) electrons. The number of hydrogen-bond donors (Lipinski definition) is 1. The van der Waals surface area contributed by atoms with Gasteiger partial charge < -0.3 is 5.73 Å². The van der Waals surface area contributed by atoms with Gasteiger partial charge in [-0.2, -0.15) is 0 Å². The van der Waals surface area contributed by atoms with Gasteiger partial charge in [-0.05, 0) is 24.1 Å². The summed E-state index contributed by atoms with van der Waals surface area (Å²) in [5, 5.41) is -0.0369. The monoisotopic (exact) mass is 353 g/mol. The molecule has 128 valence electrons. The lowest BCUT2D eigenvalue weighted by atomic mass is 10.1. The highest BCUT2D eigenvalue weighted by atomic mass is 32.2. The molecule has 1 heterocycles. The molecule has 25 heavy (non-hydrogen) atoms. The first kappa shape index (κ1) is 17.2. The first-order valence-corrected chi connectivity index (χ1v) is 8.95. The maximum atomic E-state index is 12.6. The first-order chi connectivity index (χ1) is 12.1. The maximum absolute atomic E-state index is 12.6. The average Bonchev–Trinajstić information content (AvgIpc) is 2.62. The molecule has 0 unspecified atom stereocenters. The van der Waals surface area contributed by atoms with Gasteiger partial charge in [-0.25, -0.2) is 4.99 Å². The van der Waals surface area contributed by atoms with Crippen LogP contribution in [0, 0.1) is 0 Å². The van der Waals surface area contributed by atoms with Crippen molar-refractivity contribution in [2.75, 3.05) is 6.54 Å². The number of amidine groups is 1. The molecule has 1 aliphatic rings. The zero-order valence-electron chi connectivity index (χ0n) is 13.7. The molecular formula is C19H19N3O2S. The Morgan fingerprint density at radius 1 is 1.12 bits per heavy atom. The lowest BCUT2D eigenvalue weighted by molar-refractivity contribution is -0.129. The predicted molar refractivity (Wildman–Crippen MR) is 101 cm³/mol. The molecule has 2 amide bonds. The van der Waals surface area contributed by atoms with Crippen molar-refractivity contribution in [2.45, 2.75) is 18.1 Å². The Labute approximate surface area is 150 Å². The molecule has 0 aromatic heterocycles. The molecule has 0 bridgehead atoms. The number of aliphatic imine (C=N–C) groups is 1. The summed E-state index contributed by atoms with van der Waals surface area (Å²) in [5.74, 6) is -0.602. The fourth-order valence-electron chi connectivity index (χ4n) is 2.57. The highest BCUT2D eigenvalue weighted by Gasteiger charge is 2.34. The number of hydrogen-bond acceptors (Lipinski definition) is 4. The van der Waals surface area contributed by atoms with Crippen LogP contribution in [0.3, 0.4) is 0 Å². The van der Waals surface area contributed by atoms with Crippen molar-refractivity contribution in [3.63, 3.8) is 0 Å². The van der Waals surface area contributed by atoms with Crippen LogP contribution in [0.2, 0.25) is 0 Å². The van der Waals surface area contributed by atoms with E-state index < -0.39 is 11.2 Å². The van der Waals surface area contributed by atoms with Crippen LogP contribution in [-0.2, 0) is 16.0 Å². The smallest absolute Gasteiger partial charge is 0.231 e. The maximum Gasteiger partial charge on any atom is 0.231 e. The number of benzene rings is 2. The van der Waals surface area contributed by atoms with Gasteiger partial charge in [0.05, 0.1) is 10.9 Å². The molecule has 1 atom stereocenters. The fourth-order valence-corrected chi connectivity index (χ4v) is 3.65. The minimum atomic E-state index is -0.567. The Bertz CT molecular complexity index is 778. The van der Waals surface area contributed by atoms with Crippen molar-refractivity contribution >= 4 is 34.4 Å². The van der Waals surface area contributed by atoms with Crippen molar-refractivity contribution in [2.24, 2.45) is 10.7 Å². The van der Waals surface area contributed by atoms with Crippen LogP contribution in [0.4, 0.5) is 5.69 Å². The molecule has 0 spiro atoms. The van der Waals surface area contributed by atoms with Gasteiger partial charge in [-0.3, -0.25) is 14.5 Å². The highest BCUT2D eigenvalue weighted by Crippen LogP contribution is 2.28. The van der Waals surface area contributed by atoms with E-state index >= 15 is 0 Å². The molecule has 2 aromatic carbocycles. The van der Waals surface area contributed by atoms with Crippen LogP contribution in [-0.4, -0.2) is 33.7 Å². The molecule has 1 saturated heterocycles. The van der Waals surface area contributed by atoms with Gasteiger partial charge >= 0.3 is 0 Å². The molecule has 1 fully saturated rings. The second-order valence-corrected chi connectivity index (χ2v) is 6.89. The predicted octanol–water partition coefficient (Wildman–Crippen LogP) is 2.74. The van der Waals surface area contributed by atoms with Crippen molar-refractivity contribution in [1.29, 1.82) is 0 Å². The third-order valence-electron chi connectivity index (χ3n) is 3.90.